The lowest BCUT2D eigenvalue weighted by Gasteiger charge is -2.23. The summed E-state index contributed by atoms with van der Waals surface area (Å²) in [6.45, 7) is 2.64. The van der Waals surface area contributed by atoms with E-state index in [0.717, 1.165) is 25.3 Å². The molecule has 1 heterocycles. The molecule has 0 saturated carbocycles. The molecule has 1 aromatic rings. The number of likely N-dealkylation sites (N-methyl/N-ethyl adjacent to an activating group) is 1. The van der Waals surface area contributed by atoms with Gasteiger partial charge in [0.1, 0.15) is 0 Å². The molecular weight excluding hydrogens is 398 g/mol. The van der Waals surface area contributed by atoms with Crippen molar-refractivity contribution in [2.75, 3.05) is 25.6 Å². The molecule has 0 N–H and O–H groups in total. The quantitative estimate of drug-likeness (QED) is 0.611. The zero-order chi connectivity index (χ0) is 13.7. The van der Waals surface area contributed by atoms with Gasteiger partial charge in [-0.3, -0.25) is 9.69 Å². The van der Waals surface area contributed by atoms with Crippen LogP contribution in [-0.4, -0.2) is 42.3 Å². The molecule has 0 aliphatic rings. The number of nitrogens with zero attached hydrogens (tertiary/aromatic N) is 1. The summed E-state index contributed by atoms with van der Waals surface area (Å²) >= 11 is 10.2. The molecule has 6 heteroatoms. The van der Waals surface area contributed by atoms with Gasteiger partial charge in [0, 0.05) is 11.6 Å². The summed E-state index contributed by atoms with van der Waals surface area (Å²) < 4.78 is 1.89. The number of hydrogen-bond acceptors (Lipinski definition) is 4. The van der Waals surface area contributed by atoms with Crippen molar-refractivity contribution in [3.05, 3.63) is 19.2 Å². The SMILES string of the molecule is CSCCC(C)N(C)CC(=O)c1cc(Br)sc1Br. The summed E-state index contributed by atoms with van der Waals surface area (Å²) in [5, 5.41) is 0. The molecular formula is C12H17Br2NOS2. The van der Waals surface area contributed by atoms with Crippen LogP contribution in [0.15, 0.2) is 13.6 Å². The number of thiophene rings is 1. The molecule has 0 aliphatic heterocycles. The fourth-order valence-corrected chi connectivity index (χ4v) is 4.94. The molecule has 0 fully saturated rings. The predicted octanol–water partition coefficient (Wildman–Crippen LogP) is 4.53. The molecule has 0 bridgehead atoms. The van der Waals surface area contributed by atoms with Gasteiger partial charge in [0.05, 0.1) is 14.1 Å². The lowest BCUT2D eigenvalue weighted by atomic mass is 10.2. The van der Waals surface area contributed by atoms with E-state index in [2.05, 4.69) is 49.9 Å². The molecule has 1 rings (SSSR count). The molecule has 1 unspecified atom stereocenters. The number of halogens is 2. The van der Waals surface area contributed by atoms with E-state index in [0.29, 0.717) is 12.6 Å². The molecule has 0 amide bonds. The van der Waals surface area contributed by atoms with Gasteiger partial charge in [0.15, 0.2) is 5.78 Å². The Morgan fingerprint density at radius 2 is 2.22 bits per heavy atom. The maximum Gasteiger partial charge on any atom is 0.178 e. The topological polar surface area (TPSA) is 20.3 Å². The fraction of sp³-hybridized carbons (Fsp3) is 0.583. The van der Waals surface area contributed by atoms with Crippen LogP contribution in [0.25, 0.3) is 0 Å². The number of rotatable bonds is 7. The second kappa shape index (κ2) is 8.04. The molecule has 102 valence electrons. The summed E-state index contributed by atoms with van der Waals surface area (Å²) in [4.78, 5) is 14.3. The average molecular weight is 415 g/mol. The van der Waals surface area contributed by atoms with Gasteiger partial charge in [-0.05, 0) is 70.3 Å². The van der Waals surface area contributed by atoms with Gasteiger partial charge in [-0.25, -0.2) is 0 Å². The number of Topliss-reactive ketones (excluding diaryl/α,β-unsaturated/α-hetero) is 1. The monoisotopic (exact) mass is 413 g/mol. The van der Waals surface area contributed by atoms with Crippen LogP contribution in [0.4, 0.5) is 0 Å². The minimum absolute atomic E-state index is 0.169. The molecule has 0 radical (unpaired) electrons. The second-order valence-corrected chi connectivity index (χ2v) is 8.94. The first kappa shape index (κ1) is 16.7. The fourth-order valence-electron chi connectivity index (χ4n) is 1.51. The Labute approximate surface area is 134 Å². The van der Waals surface area contributed by atoms with Gasteiger partial charge < -0.3 is 0 Å². The van der Waals surface area contributed by atoms with Gasteiger partial charge in [-0.15, -0.1) is 11.3 Å². The average Bonchev–Trinajstić information content (AvgIpc) is 2.65. The van der Waals surface area contributed by atoms with E-state index in [1.807, 2.05) is 24.9 Å². The number of hydrogen-bond donors (Lipinski definition) is 0. The van der Waals surface area contributed by atoms with Crippen molar-refractivity contribution in [2.24, 2.45) is 0 Å². The smallest absolute Gasteiger partial charge is 0.178 e. The Bertz CT molecular complexity index is 409. The van der Waals surface area contributed by atoms with Gasteiger partial charge >= 0.3 is 0 Å². The van der Waals surface area contributed by atoms with Crippen molar-refractivity contribution < 1.29 is 4.79 Å². The van der Waals surface area contributed by atoms with E-state index in [1.165, 1.54) is 11.3 Å². The second-order valence-electron chi connectivity index (χ2n) is 4.21. The minimum Gasteiger partial charge on any atom is -0.296 e. The Hall–Kier alpha value is 0.640. The van der Waals surface area contributed by atoms with Gasteiger partial charge in [0.25, 0.3) is 0 Å². The Morgan fingerprint density at radius 1 is 1.56 bits per heavy atom. The molecule has 1 atom stereocenters. The van der Waals surface area contributed by atoms with Crippen LogP contribution in [0.2, 0.25) is 0 Å². The zero-order valence-electron chi connectivity index (χ0n) is 10.7. The molecule has 0 saturated heterocycles. The largest absolute Gasteiger partial charge is 0.296 e. The van der Waals surface area contributed by atoms with Crippen LogP contribution in [0.5, 0.6) is 0 Å². The summed E-state index contributed by atoms with van der Waals surface area (Å²) in [5.41, 5.74) is 0.774. The number of thioether (sulfide) groups is 1. The Balaban J connectivity index is 2.56. The lowest BCUT2D eigenvalue weighted by Crippen LogP contribution is -2.34. The van der Waals surface area contributed by atoms with E-state index in [-0.39, 0.29) is 5.78 Å². The van der Waals surface area contributed by atoms with E-state index in [1.54, 1.807) is 0 Å². The highest BCUT2D eigenvalue weighted by atomic mass is 79.9. The number of carbonyl (C=O) groups excluding carboxylic acids is 1. The highest BCUT2D eigenvalue weighted by molar-refractivity contribution is 9.12. The maximum atomic E-state index is 12.2. The highest BCUT2D eigenvalue weighted by Crippen LogP contribution is 2.32. The molecule has 1 aromatic heterocycles. The minimum atomic E-state index is 0.169. The van der Waals surface area contributed by atoms with Crippen LogP contribution >= 0.6 is 55.0 Å². The van der Waals surface area contributed by atoms with E-state index < -0.39 is 0 Å². The normalized spacial score (nSPS) is 13.0. The van der Waals surface area contributed by atoms with Gasteiger partial charge in [0.2, 0.25) is 0 Å². The van der Waals surface area contributed by atoms with E-state index >= 15 is 0 Å². The van der Waals surface area contributed by atoms with Crippen LogP contribution in [0.1, 0.15) is 23.7 Å². The summed E-state index contributed by atoms with van der Waals surface area (Å²) in [7, 11) is 2.01. The van der Waals surface area contributed by atoms with Crippen molar-refractivity contribution in [1.29, 1.82) is 0 Å². The van der Waals surface area contributed by atoms with Crippen molar-refractivity contribution >= 4 is 60.7 Å². The van der Waals surface area contributed by atoms with Gasteiger partial charge in [-0.1, -0.05) is 0 Å². The number of carbonyl (C=O) groups is 1. The first-order valence-corrected chi connectivity index (χ1v) is 9.42. The number of ketones is 1. The van der Waals surface area contributed by atoms with Gasteiger partial charge in [-0.2, -0.15) is 11.8 Å². The van der Waals surface area contributed by atoms with Crippen LogP contribution in [0.3, 0.4) is 0 Å². The van der Waals surface area contributed by atoms with Crippen molar-refractivity contribution in [2.45, 2.75) is 19.4 Å². The zero-order valence-corrected chi connectivity index (χ0v) is 15.5. The lowest BCUT2D eigenvalue weighted by molar-refractivity contribution is 0.0923. The third kappa shape index (κ3) is 4.96. The van der Waals surface area contributed by atoms with Crippen molar-refractivity contribution in [3.8, 4) is 0 Å². The van der Waals surface area contributed by atoms with Crippen LogP contribution in [-0.2, 0) is 0 Å². The molecule has 0 spiro atoms. The third-order valence-corrected chi connectivity index (χ3v) is 5.83. The van der Waals surface area contributed by atoms with E-state index in [4.69, 9.17) is 0 Å². The summed E-state index contributed by atoms with van der Waals surface area (Å²) in [6.07, 6.45) is 3.22. The predicted molar refractivity (Wildman–Crippen MR) is 89.1 cm³/mol. The van der Waals surface area contributed by atoms with Crippen LogP contribution < -0.4 is 0 Å². The van der Waals surface area contributed by atoms with Crippen LogP contribution in [0, 0.1) is 0 Å². The third-order valence-electron chi connectivity index (χ3n) is 2.84. The Morgan fingerprint density at radius 3 is 2.72 bits per heavy atom. The standard InChI is InChI=1S/C12H17Br2NOS2/c1-8(4-5-17-3)15(2)7-10(16)9-6-11(13)18-12(9)14/h6,8H,4-5,7H2,1-3H3. The molecule has 2 nitrogen and oxygen atoms in total. The van der Waals surface area contributed by atoms with Crippen molar-refractivity contribution in [3.63, 3.8) is 0 Å². The summed E-state index contributed by atoms with van der Waals surface area (Å²) in [6, 6.07) is 2.32. The van der Waals surface area contributed by atoms with Crippen molar-refractivity contribution in [1.82, 2.24) is 4.90 Å². The highest BCUT2D eigenvalue weighted by Gasteiger charge is 2.18. The molecule has 0 aliphatic carbocycles. The maximum absolute atomic E-state index is 12.2. The first-order chi connectivity index (χ1) is 8.45. The summed E-state index contributed by atoms with van der Waals surface area (Å²) in [5.74, 6) is 1.30. The Kier molecular flexibility index (Phi) is 7.46. The van der Waals surface area contributed by atoms with E-state index in [9.17, 15) is 4.79 Å². The molecule has 0 aromatic carbocycles. The molecule has 18 heavy (non-hydrogen) atoms. The first-order valence-electron chi connectivity index (χ1n) is 5.63.